The van der Waals surface area contributed by atoms with Gasteiger partial charge in [0.05, 0.1) is 5.69 Å². The second-order valence-corrected chi connectivity index (χ2v) is 5.94. The summed E-state index contributed by atoms with van der Waals surface area (Å²) in [5.41, 5.74) is 4.71. The van der Waals surface area contributed by atoms with Gasteiger partial charge < -0.3 is 10.6 Å². The summed E-state index contributed by atoms with van der Waals surface area (Å²) >= 11 is 0. The number of rotatable bonds is 4. The molecule has 3 rings (SSSR count). The molecule has 0 atom stereocenters. The quantitative estimate of drug-likeness (QED) is 0.740. The average molecular weight is 332 g/mol. The van der Waals surface area contributed by atoms with E-state index < -0.39 is 0 Å². The third-order valence-corrected chi connectivity index (χ3v) is 3.64. The molecule has 25 heavy (non-hydrogen) atoms. The van der Waals surface area contributed by atoms with Gasteiger partial charge >= 0.3 is 0 Å². The molecule has 3 aromatic rings. The molecule has 1 heterocycles. The monoisotopic (exact) mass is 332 g/mol. The Bertz CT molecular complexity index is 904. The Kier molecular flexibility index (Phi) is 4.75. The maximum Gasteiger partial charge on any atom is 0.221 e. The van der Waals surface area contributed by atoms with E-state index in [0.717, 1.165) is 22.6 Å². The topological polar surface area (TPSA) is 66.9 Å². The second kappa shape index (κ2) is 7.13. The van der Waals surface area contributed by atoms with E-state index in [1.807, 2.05) is 37.3 Å². The standard InChI is InChI=1S/C20H20N4O/c1-13-7-9-16(10-8-13)19-12-20(22-14(2)21-19)24-18-6-4-5-17(11-18)23-15(3)25/h4-12H,1-3H3,(H,23,25)(H,21,22,24). The van der Waals surface area contributed by atoms with Crippen LogP contribution in [0.4, 0.5) is 17.2 Å². The number of hydrogen-bond donors (Lipinski definition) is 2. The smallest absolute Gasteiger partial charge is 0.221 e. The van der Waals surface area contributed by atoms with Crippen LogP contribution in [0, 0.1) is 13.8 Å². The van der Waals surface area contributed by atoms with Gasteiger partial charge in [-0.1, -0.05) is 35.9 Å². The highest BCUT2D eigenvalue weighted by atomic mass is 16.1. The summed E-state index contributed by atoms with van der Waals surface area (Å²) < 4.78 is 0. The van der Waals surface area contributed by atoms with Crippen LogP contribution in [0.25, 0.3) is 11.3 Å². The summed E-state index contributed by atoms with van der Waals surface area (Å²) in [7, 11) is 0. The molecule has 0 unspecified atom stereocenters. The van der Waals surface area contributed by atoms with Crippen LogP contribution >= 0.6 is 0 Å². The molecule has 5 nitrogen and oxygen atoms in total. The van der Waals surface area contributed by atoms with Gasteiger partial charge in [-0.3, -0.25) is 4.79 Å². The Balaban J connectivity index is 1.88. The molecule has 1 aromatic heterocycles. The van der Waals surface area contributed by atoms with E-state index in [2.05, 4.69) is 51.8 Å². The Labute approximate surface area is 147 Å². The third-order valence-electron chi connectivity index (χ3n) is 3.64. The molecule has 0 bridgehead atoms. The van der Waals surface area contributed by atoms with E-state index in [-0.39, 0.29) is 5.91 Å². The normalized spacial score (nSPS) is 10.4. The van der Waals surface area contributed by atoms with E-state index in [4.69, 9.17) is 0 Å². The van der Waals surface area contributed by atoms with E-state index in [1.165, 1.54) is 12.5 Å². The van der Waals surface area contributed by atoms with Crippen molar-refractivity contribution >= 4 is 23.1 Å². The number of amides is 1. The van der Waals surface area contributed by atoms with Crippen LogP contribution in [0.2, 0.25) is 0 Å². The number of anilines is 3. The van der Waals surface area contributed by atoms with Crippen LogP contribution in [-0.4, -0.2) is 15.9 Å². The van der Waals surface area contributed by atoms with Gasteiger partial charge in [-0.15, -0.1) is 0 Å². The van der Waals surface area contributed by atoms with Crippen LogP contribution in [0.15, 0.2) is 54.6 Å². The molecule has 0 spiro atoms. The van der Waals surface area contributed by atoms with Gasteiger partial charge in [-0.2, -0.15) is 0 Å². The van der Waals surface area contributed by atoms with Crippen molar-refractivity contribution in [3.05, 3.63) is 66.0 Å². The minimum atomic E-state index is -0.100. The minimum absolute atomic E-state index is 0.100. The van der Waals surface area contributed by atoms with Crippen LogP contribution in [0.3, 0.4) is 0 Å². The van der Waals surface area contributed by atoms with E-state index >= 15 is 0 Å². The van der Waals surface area contributed by atoms with Crippen LogP contribution in [0.1, 0.15) is 18.3 Å². The number of aromatic nitrogens is 2. The molecular formula is C20H20N4O. The van der Waals surface area contributed by atoms with Gasteiger partial charge in [0.2, 0.25) is 5.91 Å². The zero-order valence-electron chi connectivity index (χ0n) is 14.5. The molecule has 0 aliphatic heterocycles. The first kappa shape index (κ1) is 16.6. The lowest BCUT2D eigenvalue weighted by molar-refractivity contribution is -0.114. The minimum Gasteiger partial charge on any atom is -0.340 e. The van der Waals surface area contributed by atoms with E-state index in [0.29, 0.717) is 11.6 Å². The van der Waals surface area contributed by atoms with Crippen molar-refractivity contribution < 1.29 is 4.79 Å². The molecule has 0 radical (unpaired) electrons. The Morgan fingerprint density at radius 1 is 0.920 bits per heavy atom. The van der Waals surface area contributed by atoms with Gasteiger partial charge in [-0.05, 0) is 32.0 Å². The van der Waals surface area contributed by atoms with Crippen LogP contribution in [-0.2, 0) is 4.79 Å². The van der Waals surface area contributed by atoms with E-state index in [9.17, 15) is 4.79 Å². The lowest BCUT2D eigenvalue weighted by atomic mass is 10.1. The largest absolute Gasteiger partial charge is 0.340 e. The van der Waals surface area contributed by atoms with Crippen molar-refractivity contribution in [2.75, 3.05) is 10.6 Å². The number of nitrogens with zero attached hydrogens (tertiary/aromatic N) is 2. The first-order valence-corrected chi connectivity index (χ1v) is 8.07. The molecule has 126 valence electrons. The molecule has 0 aliphatic carbocycles. The highest BCUT2D eigenvalue weighted by Gasteiger charge is 2.06. The molecule has 1 amide bonds. The maximum atomic E-state index is 11.2. The fraction of sp³-hybridized carbons (Fsp3) is 0.150. The first-order valence-electron chi connectivity index (χ1n) is 8.07. The lowest BCUT2D eigenvalue weighted by Crippen LogP contribution is -2.06. The third kappa shape index (κ3) is 4.41. The van der Waals surface area contributed by atoms with Gasteiger partial charge in [0.25, 0.3) is 0 Å². The summed E-state index contributed by atoms with van der Waals surface area (Å²) in [5.74, 6) is 1.30. The fourth-order valence-electron chi connectivity index (χ4n) is 2.53. The zero-order valence-corrected chi connectivity index (χ0v) is 14.5. The van der Waals surface area contributed by atoms with Crippen molar-refractivity contribution in [2.45, 2.75) is 20.8 Å². The Morgan fingerprint density at radius 3 is 2.36 bits per heavy atom. The highest BCUT2D eigenvalue weighted by molar-refractivity contribution is 5.89. The highest BCUT2D eigenvalue weighted by Crippen LogP contribution is 2.24. The molecule has 0 saturated heterocycles. The van der Waals surface area contributed by atoms with Gasteiger partial charge in [-0.25, -0.2) is 9.97 Å². The molecule has 5 heteroatoms. The van der Waals surface area contributed by atoms with Gasteiger partial charge in [0.15, 0.2) is 0 Å². The molecule has 0 saturated carbocycles. The molecule has 2 N–H and O–H groups in total. The van der Waals surface area contributed by atoms with Crippen molar-refractivity contribution in [1.29, 1.82) is 0 Å². The number of hydrogen-bond acceptors (Lipinski definition) is 4. The Hall–Kier alpha value is -3.21. The summed E-state index contributed by atoms with van der Waals surface area (Å²) in [6.07, 6.45) is 0. The van der Waals surface area contributed by atoms with Crippen molar-refractivity contribution in [1.82, 2.24) is 9.97 Å². The number of aryl methyl sites for hydroxylation is 2. The SMILES string of the molecule is CC(=O)Nc1cccc(Nc2cc(-c3ccc(C)cc3)nc(C)n2)c1. The van der Waals surface area contributed by atoms with Crippen LogP contribution in [0.5, 0.6) is 0 Å². The summed E-state index contributed by atoms with van der Waals surface area (Å²) in [4.78, 5) is 20.2. The van der Waals surface area contributed by atoms with Gasteiger partial charge in [0, 0.05) is 29.9 Å². The maximum absolute atomic E-state index is 11.2. The Morgan fingerprint density at radius 2 is 1.64 bits per heavy atom. The van der Waals surface area contributed by atoms with Crippen molar-refractivity contribution in [3.8, 4) is 11.3 Å². The fourth-order valence-corrected chi connectivity index (χ4v) is 2.53. The van der Waals surface area contributed by atoms with Crippen molar-refractivity contribution in [2.24, 2.45) is 0 Å². The summed E-state index contributed by atoms with van der Waals surface area (Å²) in [5, 5.41) is 6.05. The first-order chi connectivity index (χ1) is 12.0. The summed E-state index contributed by atoms with van der Waals surface area (Å²) in [6.45, 7) is 5.42. The number of benzene rings is 2. The molecule has 0 fully saturated rings. The molecule has 0 aliphatic rings. The average Bonchev–Trinajstić information content (AvgIpc) is 2.54. The summed E-state index contributed by atoms with van der Waals surface area (Å²) in [6, 6.07) is 17.7. The number of nitrogens with one attached hydrogen (secondary N) is 2. The predicted octanol–water partition coefficient (Wildman–Crippen LogP) is 4.46. The number of carbonyl (C=O) groups is 1. The van der Waals surface area contributed by atoms with E-state index in [1.54, 1.807) is 0 Å². The molecule has 2 aromatic carbocycles. The zero-order chi connectivity index (χ0) is 17.8. The lowest BCUT2D eigenvalue weighted by Gasteiger charge is -2.10. The van der Waals surface area contributed by atoms with Crippen LogP contribution < -0.4 is 10.6 Å². The van der Waals surface area contributed by atoms with Crippen molar-refractivity contribution in [3.63, 3.8) is 0 Å². The number of carbonyl (C=O) groups excluding carboxylic acids is 1. The van der Waals surface area contributed by atoms with Gasteiger partial charge in [0.1, 0.15) is 11.6 Å². The molecular weight excluding hydrogens is 312 g/mol. The predicted molar refractivity (Wildman–Crippen MR) is 101 cm³/mol. The second-order valence-electron chi connectivity index (χ2n) is 5.94.